The van der Waals surface area contributed by atoms with E-state index in [4.69, 9.17) is 9.72 Å². The van der Waals surface area contributed by atoms with Crippen molar-refractivity contribution >= 4 is 59.9 Å². The number of nitrogens with one attached hydrogen (secondary N) is 1. The average Bonchev–Trinajstić information content (AvgIpc) is 3.57. The van der Waals surface area contributed by atoms with Crippen LogP contribution in [0.4, 0.5) is 9.80 Å². The van der Waals surface area contributed by atoms with Gasteiger partial charge in [0.2, 0.25) is 10.0 Å². The molecule has 0 aliphatic carbocycles. The number of para-hydroxylation sites is 1. The maximum absolute atomic E-state index is 13.4. The summed E-state index contributed by atoms with van der Waals surface area (Å²) in [4.78, 5) is 33.4. The lowest BCUT2D eigenvalue weighted by atomic mass is 10.0. The van der Waals surface area contributed by atoms with Crippen LogP contribution in [0.25, 0.3) is 20.8 Å². The molecule has 2 amide bonds. The van der Waals surface area contributed by atoms with E-state index in [-0.39, 0.29) is 30.0 Å². The van der Waals surface area contributed by atoms with Gasteiger partial charge >= 0.3 is 6.09 Å². The van der Waals surface area contributed by atoms with Gasteiger partial charge in [-0.15, -0.1) is 35.8 Å². The highest BCUT2D eigenvalue weighted by Gasteiger charge is 2.30. The van der Waals surface area contributed by atoms with Crippen molar-refractivity contribution in [3.8, 4) is 10.6 Å². The van der Waals surface area contributed by atoms with Gasteiger partial charge in [-0.2, -0.15) is 4.31 Å². The third-order valence-electron chi connectivity index (χ3n) is 6.74. The van der Waals surface area contributed by atoms with Crippen LogP contribution in [0.15, 0.2) is 78.7 Å². The summed E-state index contributed by atoms with van der Waals surface area (Å²) in [5, 5.41) is 4.47. The summed E-state index contributed by atoms with van der Waals surface area (Å²) in [6.45, 7) is 10.5. The van der Waals surface area contributed by atoms with Gasteiger partial charge in [0.05, 0.1) is 28.3 Å². The van der Waals surface area contributed by atoms with E-state index in [9.17, 15) is 18.0 Å². The topological polar surface area (TPSA) is 109 Å². The largest absolute Gasteiger partial charge is 0.450 e. The fourth-order valence-electron chi connectivity index (χ4n) is 4.73. The van der Waals surface area contributed by atoms with Crippen molar-refractivity contribution in [1.82, 2.24) is 14.2 Å². The Balaban J connectivity index is 1.46. The SMILES string of the molecule is C=CCN(CC=C)S(=O)(=O)c1ccc(C(=O)Nc2sc3c(c2-c2nc4ccccc4s2)CCN(C(=O)OCC)C3)cc1. The van der Waals surface area contributed by atoms with E-state index in [1.54, 1.807) is 23.2 Å². The highest BCUT2D eigenvalue weighted by molar-refractivity contribution is 7.89. The number of anilines is 1. The van der Waals surface area contributed by atoms with E-state index >= 15 is 0 Å². The summed E-state index contributed by atoms with van der Waals surface area (Å²) in [7, 11) is -3.79. The van der Waals surface area contributed by atoms with Crippen molar-refractivity contribution < 1.29 is 22.7 Å². The number of aromatic nitrogens is 1. The number of amides is 2. The molecule has 0 bridgehead atoms. The van der Waals surface area contributed by atoms with Gasteiger partial charge in [0, 0.05) is 35.6 Å². The van der Waals surface area contributed by atoms with E-state index in [0.29, 0.717) is 36.7 Å². The summed E-state index contributed by atoms with van der Waals surface area (Å²) in [5.74, 6) is -0.379. The number of thiazole rings is 1. The van der Waals surface area contributed by atoms with E-state index < -0.39 is 10.0 Å². The second kappa shape index (κ2) is 12.6. The predicted octanol–water partition coefficient (Wildman–Crippen LogP) is 6.15. The third kappa shape index (κ3) is 5.88. The van der Waals surface area contributed by atoms with Crippen molar-refractivity contribution in [2.75, 3.05) is 31.6 Å². The Bertz CT molecular complexity index is 1720. The molecule has 3 heterocycles. The molecular formula is C30H30N4O5S3. The Morgan fingerprint density at radius 3 is 2.48 bits per heavy atom. The lowest BCUT2D eigenvalue weighted by molar-refractivity contribution is 0.102. The second-order valence-electron chi connectivity index (χ2n) is 9.44. The molecule has 1 aliphatic heterocycles. The van der Waals surface area contributed by atoms with Crippen LogP contribution >= 0.6 is 22.7 Å². The number of hydrogen-bond donors (Lipinski definition) is 1. The second-order valence-corrected chi connectivity index (χ2v) is 13.5. The molecule has 218 valence electrons. The van der Waals surface area contributed by atoms with Crippen LogP contribution in [-0.4, -0.2) is 60.8 Å². The molecule has 4 aromatic rings. The number of carbonyl (C=O) groups is 2. The Labute approximate surface area is 252 Å². The van der Waals surface area contributed by atoms with Gasteiger partial charge in [-0.05, 0) is 55.3 Å². The number of nitrogens with zero attached hydrogens (tertiary/aromatic N) is 3. The van der Waals surface area contributed by atoms with E-state index in [1.165, 1.54) is 52.1 Å². The first-order valence-electron chi connectivity index (χ1n) is 13.3. The first-order valence-corrected chi connectivity index (χ1v) is 16.4. The number of sulfonamides is 1. The molecule has 0 fully saturated rings. The smallest absolute Gasteiger partial charge is 0.410 e. The number of fused-ring (bicyclic) bond motifs is 2. The predicted molar refractivity (Wildman–Crippen MR) is 168 cm³/mol. The molecule has 9 nitrogen and oxygen atoms in total. The number of carbonyl (C=O) groups excluding carboxylic acids is 2. The van der Waals surface area contributed by atoms with E-state index in [0.717, 1.165) is 31.2 Å². The minimum absolute atomic E-state index is 0.0727. The number of hydrogen-bond acceptors (Lipinski definition) is 8. The van der Waals surface area contributed by atoms with Crippen LogP contribution < -0.4 is 5.32 Å². The standard InChI is InChI=1S/C30H30N4O5S3/c1-4-16-34(17-5-2)42(37,38)21-13-11-20(12-14-21)27(35)32-29-26(28-31-23-9-7-8-10-24(23)40-28)22-15-18-33(19-25(22)41-29)30(36)39-6-3/h4-5,7-14H,1-2,6,15-19H2,3H3,(H,32,35). The highest BCUT2D eigenvalue weighted by Crippen LogP contribution is 2.46. The van der Waals surface area contributed by atoms with Crippen LogP contribution in [-0.2, 0) is 27.7 Å². The van der Waals surface area contributed by atoms with Gasteiger partial charge in [0.25, 0.3) is 5.91 Å². The molecule has 1 aliphatic rings. The van der Waals surface area contributed by atoms with Crippen LogP contribution in [0.2, 0.25) is 0 Å². The number of ether oxygens (including phenoxy) is 1. The zero-order valence-electron chi connectivity index (χ0n) is 23.0. The van der Waals surface area contributed by atoms with E-state index in [1.807, 2.05) is 24.3 Å². The molecule has 1 N–H and O–H groups in total. The van der Waals surface area contributed by atoms with Crippen LogP contribution in [0.3, 0.4) is 0 Å². The Morgan fingerprint density at radius 1 is 1.10 bits per heavy atom. The highest BCUT2D eigenvalue weighted by atomic mass is 32.2. The van der Waals surface area contributed by atoms with Gasteiger partial charge in [-0.1, -0.05) is 24.3 Å². The number of benzene rings is 2. The minimum atomic E-state index is -3.79. The average molecular weight is 623 g/mol. The van der Waals surface area contributed by atoms with Gasteiger partial charge in [-0.25, -0.2) is 18.2 Å². The number of rotatable bonds is 10. The van der Waals surface area contributed by atoms with Crippen molar-refractivity contribution in [3.63, 3.8) is 0 Å². The van der Waals surface area contributed by atoms with Gasteiger partial charge in [0.15, 0.2) is 0 Å². The Kier molecular flexibility index (Phi) is 8.88. The molecule has 42 heavy (non-hydrogen) atoms. The maximum Gasteiger partial charge on any atom is 0.410 e. The van der Waals surface area contributed by atoms with Crippen molar-refractivity contribution in [1.29, 1.82) is 0 Å². The number of thiophene rings is 1. The molecule has 2 aromatic heterocycles. The Hall–Kier alpha value is -3.84. The summed E-state index contributed by atoms with van der Waals surface area (Å²) in [5.41, 5.74) is 3.10. The van der Waals surface area contributed by atoms with Crippen molar-refractivity contribution in [2.24, 2.45) is 0 Å². The molecule has 0 unspecified atom stereocenters. The molecule has 0 radical (unpaired) electrons. The molecular weight excluding hydrogens is 593 g/mol. The summed E-state index contributed by atoms with van der Waals surface area (Å²) in [6, 6.07) is 13.7. The van der Waals surface area contributed by atoms with Crippen molar-refractivity contribution in [3.05, 3.63) is 89.8 Å². The fourth-order valence-corrected chi connectivity index (χ4v) is 8.48. The van der Waals surface area contributed by atoms with Crippen LogP contribution in [0.1, 0.15) is 27.7 Å². The summed E-state index contributed by atoms with van der Waals surface area (Å²) >= 11 is 2.96. The zero-order valence-corrected chi connectivity index (χ0v) is 25.5. The summed E-state index contributed by atoms with van der Waals surface area (Å²) < 4.78 is 33.7. The normalized spacial score (nSPS) is 13.1. The van der Waals surface area contributed by atoms with Gasteiger partial charge in [0.1, 0.15) is 10.0 Å². The first kappa shape index (κ1) is 29.6. The first-order chi connectivity index (χ1) is 20.3. The molecule has 2 aromatic carbocycles. The van der Waals surface area contributed by atoms with E-state index in [2.05, 4.69) is 18.5 Å². The minimum Gasteiger partial charge on any atom is -0.450 e. The molecule has 0 spiro atoms. The molecule has 12 heteroatoms. The third-order valence-corrected chi connectivity index (χ3v) is 10.8. The molecule has 0 saturated carbocycles. The van der Waals surface area contributed by atoms with Crippen LogP contribution in [0, 0.1) is 0 Å². The Morgan fingerprint density at radius 2 is 1.81 bits per heavy atom. The van der Waals surface area contributed by atoms with Crippen LogP contribution in [0.5, 0.6) is 0 Å². The maximum atomic E-state index is 13.4. The molecule has 0 saturated heterocycles. The van der Waals surface area contributed by atoms with Gasteiger partial charge in [-0.3, -0.25) is 4.79 Å². The monoisotopic (exact) mass is 622 g/mol. The quantitative estimate of drug-likeness (QED) is 0.213. The molecule has 0 atom stereocenters. The zero-order chi connectivity index (χ0) is 29.9. The lowest BCUT2D eigenvalue weighted by Gasteiger charge is -2.26. The fraction of sp³-hybridized carbons (Fsp3) is 0.233. The lowest BCUT2D eigenvalue weighted by Crippen LogP contribution is -2.35. The molecule has 5 rings (SSSR count). The van der Waals surface area contributed by atoms with Gasteiger partial charge < -0.3 is 15.0 Å². The van der Waals surface area contributed by atoms with Crippen molar-refractivity contribution in [2.45, 2.75) is 24.8 Å². The summed E-state index contributed by atoms with van der Waals surface area (Å²) in [6.07, 6.45) is 3.26.